The van der Waals surface area contributed by atoms with Crippen molar-refractivity contribution >= 4 is 40.6 Å². The lowest BCUT2D eigenvalue weighted by Gasteiger charge is -2.24. The normalized spacial score (nSPS) is 10.6. The van der Waals surface area contributed by atoms with Gasteiger partial charge in [-0.15, -0.1) is 0 Å². The highest BCUT2D eigenvalue weighted by Gasteiger charge is 2.39. The lowest BCUT2D eigenvalue weighted by Crippen LogP contribution is -2.27. The molecule has 3 aromatic carbocycles. The number of carbonyl (C=O) groups is 5. The number of carbonyl (C=O) groups excluding carboxylic acids is 5. The highest BCUT2D eigenvalue weighted by atomic mass is 16.6. The summed E-state index contributed by atoms with van der Waals surface area (Å²) in [5, 5.41) is 1.43. The Bertz CT molecular complexity index is 1480. The number of hydrogen-bond acceptors (Lipinski definition) is 10. The minimum absolute atomic E-state index is 0.0332. The molecule has 0 spiro atoms. The van der Waals surface area contributed by atoms with E-state index < -0.39 is 47.6 Å². The van der Waals surface area contributed by atoms with Gasteiger partial charge in [-0.1, -0.05) is 42.5 Å². The first kappa shape index (κ1) is 30.8. The van der Waals surface area contributed by atoms with Gasteiger partial charge in [-0.2, -0.15) is 0 Å². The molecule has 3 rings (SSSR count). The van der Waals surface area contributed by atoms with Crippen LogP contribution in [0.15, 0.2) is 42.5 Å². The van der Waals surface area contributed by atoms with Crippen LogP contribution in [0.1, 0.15) is 81.6 Å². The molecular weight excluding hydrogens is 532 g/mol. The van der Waals surface area contributed by atoms with Crippen molar-refractivity contribution in [1.29, 1.82) is 0 Å². The third-order valence-electron chi connectivity index (χ3n) is 6.00. The van der Waals surface area contributed by atoms with Gasteiger partial charge in [-0.3, -0.25) is 4.79 Å². The minimum Gasteiger partial charge on any atom is -0.462 e. The van der Waals surface area contributed by atoms with E-state index in [4.69, 9.17) is 23.7 Å². The number of hydrogen-bond donors (Lipinski definition) is 0. The third-order valence-corrected chi connectivity index (χ3v) is 6.00. The molecule has 0 fully saturated rings. The highest BCUT2D eigenvalue weighted by molar-refractivity contribution is 6.20. The summed E-state index contributed by atoms with van der Waals surface area (Å²) in [5.41, 5.74) is -1.33. The topological polar surface area (TPSA) is 132 Å². The molecule has 41 heavy (non-hydrogen) atoms. The molecule has 216 valence electrons. The third kappa shape index (κ3) is 6.54. The van der Waals surface area contributed by atoms with Crippen molar-refractivity contribution in [3.8, 4) is 11.1 Å². The Morgan fingerprint density at radius 3 is 1.56 bits per heavy atom. The Morgan fingerprint density at radius 2 is 1.02 bits per heavy atom. The van der Waals surface area contributed by atoms with Crippen LogP contribution in [0.2, 0.25) is 0 Å². The van der Waals surface area contributed by atoms with Gasteiger partial charge in [0.05, 0.1) is 48.7 Å². The quantitative estimate of drug-likeness (QED) is 0.224. The van der Waals surface area contributed by atoms with Crippen molar-refractivity contribution in [1.82, 2.24) is 0 Å². The van der Waals surface area contributed by atoms with E-state index >= 15 is 0 Å². The van der Waals surface area contributed by atoms with Gasteiger partial charge in [0.25, 0.3) is 0 Å². The smallest absolute Gasteiger partial charge is 0.339 e. The average molecular weight is 565 g/mol. The van der Waals surface area contributed by atoms with Gasteiger partial charge in [0.2, 0.25) is 0 Å². The summed E-state index contributed by atoms with van der Waals surface area (Å²) in [6, 6.07) is 12.5. The van der Waals surface area contributed by atoms with Gasteiger partial charge in [0.1, 0.15) is 6.61 Å². The molecule has 0 unspecified atom stereocenters. The van der Waals surface area contributed by atoms with Crippen molar-refractivity contribution in [3.05, 3.63) is 70.3 Å². The molecular formula is C31H32O10. The molecule has 0 amide bonds. The fourth-order valence-corrected chi connectivity index (χ4v) is 4.51. The molecule has 0 aliphatic carbocycles. The van der Waals surface area contributed by atoms with E-state index in [-0.39, 0.29) is 48.7 Å². The molecule has 0 aliphatic heterocycles. The second-order valence-electron chi connectivity index (χ2n) is 8.54. The summed E-state index contributed by atoms with van der Waals surface area (Å²) >= 11 is 0. The van der Waals surface area contributed by atoms with Crippen molar-refractivity contribution in [3.63, 3.8) is 0 Å². The van der Waals surface area contributed by atoms with Crippen LogP contribution < -0.4 is 0 Å². The molecule has 0 bridgehead atoms. The lowest BCUT2D eigenvalue weighted by atomic mass is 9.82. The van der Waals surface area contributed by atoms with Crippen LogP contribution in [-0.4, -0.2) is 56.3 Å². The lowest BCUT2D eigenvalue weighted by molar-refractivity contribution is -0.142. The predicted octanol–water partition coefficient (Wildman–Crippen LogP) is 5.28. The van der Waals surface area contributed by atoms with Crippen LogP contribution in [0, 0.1) is 0 Å². The van der Waals surface area contributed by atoms with Crippen LogP contribution in [0.25, 0.3) is 21.9 Å². The van der Waals surface area contributed by atoms with Crippen LogP contribution in [0.3, 0.4) is 0 Å². The van der Waals surface area contributed by atoms with E-state index in [1.807, 2.05) is 18.2 Å². The summed E-state index contributed by atoms with van der Waals surface area (Å²) < 4.78 is 26.6. The van der Waals surface area contributed by atoms with Crippen LogP contribution in [0.4, 0.5) is 0 Å². The zero-order valence-corrected chi connectivity index (χ0v) is 23.7. The summed E-state index contributed by atoms with van der Waals surface area (Å²) in [7, 11) is 0. The molecule has 10 nitrogen and oxygen atoms in total. The zero-order valence-electron chi connectivity index (χ0n) is 23.7. The van der Waals surface area contributed by atoms with Gasteiger partial charge >= 0.3 is 29.8 Å². The molecule has 0 heterocycles. The predicted molar refractivity (Wildman–Crippen MR) is 149 cm³/mol. The first-order valence-electron chi connectivity index (χ1n) is 13.2. The second kappa shape index (κ2) is 14.1. The highest BCUT2D eigenvalue weighted by Crippen LogP contribution is 2.41. The summed E-state index contributed by atoms with van der Waals surface area (Å²) in [5.74, 6) is -4.75. The Labute approximate surface area is 237 Å². The van der Waals surface area contributed by atoms with Crippen molar-refractivity contribution in [2.75, 3.05) is 26.4 Å². The fourth-order valence-electron chi connectivity index (χ4n) is 4.51. The maximum absolute atomic E-state index is 13.7. The van der Waals surface area contributed by atoms with Crippen LogP contribution in [0.5, 0.6) is 0 Å². The Kier molecular flexibility index (Phi) is 10.6. The monoisotopic (exact) mass is 564 g/mol. The number of benzene rings is 3. The van der Waals surface area contributed by atoms with E-state index in [9.17, 15) is 24.0 Å². The molecule has 0 N–H and O–H groups in total. The van der Waals surface area contributed by atoms with Gasteiger partial charge in [-0.25, -0.2) is 19.2 Å². The summed E-state index contributed by atoms with van der Waals surface area (Å²) in [4.78, 5) is 66.4. The molecule has 3 aromatic rings. The molecule has 0 aliphatic rings. The first-order chi connectivity index (χ1) is 19.7. The van der Waals surface area contributed by atoms with Gasteiger partial charge in [-0.05, 0) is 44.0 Å². The first-order valence-corrected chi connectivity index (χ1v) is 13.2. The number of esters is 5. The van der Waals surface area contributed by atoms with Crippen molar-refractivity contribution < 1.29 is 47.7 Å². The van der Waals surface area contributed by atoms with E-state index in [0.717, 1.165) is 5.39 Å². The molecule has 0 radical (unpaired) electrons. The zero-order chi connectivity index (χ0) is 30.1. The van der Waals surface area contributed by atoms with Gasteiger partial charge in [0.15, 0.2) is 0 Å². The number of ether oxygens (including phenoxy) is 5. The molecule has 0 aromatic heterocycles. The largest absolute Gasteiger partial charge is 0.462 e. The van der Waals surface area contributed by atoms with Crippen molar-refractivity contribution in [2.24, 2.45) is 0 Å². The molecule has 0 atom stereocenters. The Balaban J connectivity index is 2.73. The average Bonchev–Trinajstić information content (AvgIpc) is 2.94. The fraction of sp³-hybridized carbons (Fsp3) is 0.323. The van der Waals surface area contributed by atoms with Crippen LogP contribution >= 0.6 is 0 Å². The van der Waals surface area contributed by atoms with E-state index in [2.05, 4.69) is 0 Å². The van der Waals surface area contributed by atoms with Crippen molar-refractivity contribution in [2.45, 2.75) is 41.2 Å². The van der Waals surface area contributed by atoms with E-state index in [1.165, 1.54) is 6.92 Å². The number of fused-ring (bicyclic) bond motifs is 1. The van der Waals surface area contributed by atoms with Gasteiger partial charge < -0.3 is 23.7 Å². The maximum Gasteiger partial charge on any atom is 0.339 e. The van der Waals surface area contributed by atoms with E-state index in [0.29, 0.717) is 10.9 Å². The standard InChI is InChI=1S/C31H32O10/c1-6-37-28(33)24-22(17-41-18(5)32)23(21-16-12-14-19-13-10-11-15-20(19)21)25(29(34)38-7-2)27(31(36)40-9-4)26(24)30(35)39-8-3/h10-16H,6-9,17H2,1-5H3. The number of rotatable bonds is 11. The van der Waals surface area contributed by atoms with Crippen LogP contribution in [-0.2, 0) is 35.1 Å². The maximum atomic E-state index is 13.7. The Hall–Kier alpha value is -4.73. The van der Waals surface area contributed by atoms with E-state index in [1.54, 1.807) is 52.0 Å². The molecule has 0 saturated carbocycles. The van der Waals surface area contributed by atoms with Gasteiger partial charge in [0, 0.05) is 18.1 Å². The Morgan fingerprint density at radius 1 is 0.561 bits per heavy atom. The minimum atomic E-state index is -1.07. The summed E-state index contributed by atoms with van der Waals surface area (Å²) in [6.45, 7) is 6.53. The second-order valence-corrected chi connectivity index (χ2v) is 8.54. The molecule has 0 saturated heterocycles. The summed E-state index contributed by atoms with van der Waals surface area (Å²) in [6.07, 6.45) is 0. The SMILES string of the molecule is CCOC(=O)c1c(COC(C)=O)c(-c2cccc3ccccc23)c(C(=O)OCC)c(C(=O)OCC)c1C(=O)OCC. The molecule has 10 heteroatoms.